The minimum Gasteiger partial charge on any atom is -0.356 e. The van der Waals surface area contributed by atoms with Crippen LogP contribution >= 0.6 is 0 Å². The van der Waals surface area contributed by atoms with Gasteiger partial charge in [-0.25, -0.2) is 0 Å². The van der Waals surface area contributed by atoms with Crippen LogP contribution in [0.15, 0.2) is 0 Å². The molecule has 1 atom stereocenters. The second kappa shape index (κ2) is 2.28. The Kier molecular flexibility index (Phi) is 1.65. The molecule has 7 heavy (non-hydrogen) atoms. The third-order valence-electron chi connectivity index (χ3n) is 0.991. The van der Waals surface area contributed by atoms with Crippen molar-refractivity contribution >= 4 is 0 Å². The molecule has 1 aliphatic rings. The van der Waals surface area contributed by atoms with Gasteiger partial charge in [0.1, 0.15) is 0 Å². The van der Waals surface area contributed by atoms with E-state index in [4.69, 9.17) is 9.47 Å². The van der Waals surface area contributed by atoms with E-state index in [-0.39, 0.29) is 6.29 Å². The Labute approximate surface area is 43.4 Å². The van der Waals surface area contributed by atoms with Gasteiger partial charge in [-0.15, -0.1) is 0 Å². The van der Waals surface area contributed by atoms with E-state index in [2.05, 4.69) is 0 Å². The molecule has 1 aliphatic heterocycles. The Balaban J connectivity index is 2.14. The Morgan fingerprint density at radius 3 is 3.00 bits per heavy atom. The zero-order chi connectivity index (χ0) is 5.11. The predicted octanol–water partition coefficient (Wildman–Crippen LogP) is 0.583. The standard InChI is InChI=1S/C5H9O2/c1-6-5-3-2-4-7-5/h3,5H,2,4H2,1H3. The van der Waals surface area contributed by atoms with E-state index < -0.39 is 0 Å². The smallest absolute Gasteiger partial charge is 0.160 e. The molecule has 0 aliphatic carbocycles. The van der Waals surface area contributed by atoms with Gasteiger partial charge >= 0.3 is 0 Å². The predicted molar refractivity (Wildman–Crippen MR) is 25.7 cm³/mol. The van der Waals surface area contributed by atoms with Crippen LogP contribution in [0.2, 0.25) is 0 Å². The first kappa shape index (κ1) is 5.06. The average molecular weight is 101 g/mol. The molecular formula is C5H9O2. The SMILES string of the molecule is COC1[CH]CCO1. The van der Waals surface area contributed by atoms with Gasteiger partial charge in [-0.05, 0) is 6.42 Å². The van der Waals surface area contributed by atoms with Crippen molar-refractivity contribution in [2.45, 2.75) is 12.7 Å². The van der Waals surface area contributed by atoms with E-state index in [1.807, 2.05) is 6.42 Å². The first-order chi connectivity index (χ1) is 3.43. The van der Waals surface area contributed by atoms with Crippen LogP contribution in [0.1, 0.15) is 6.42 Å². The summed E-state index contributed by atoms with van der Waals surface area (Å²) in [4.78, 5) is 0. The van der Waals surface area contributed by atoms with Crippen LogP contribution in [-0.2, 0) is 9.47 Å². The Morgan fingerprint density at radius 1 is 1.86 bits per heavy atom. The lowest BCUT2D eigenvalue weighted by Crippen LogP contribution is -2.06. The van der Waals surface area contributed by atoms with E-state index in [1.165, 1.54) is 0 Å². The lowest BCUT2D eigenvalue weighted by molar-refractivity contribution is -0.0712. The lowest BCUT2D eigenvalue weighted by atomic mass is 10.4. The van der Waals surface area contributed by atoms with Crippen LogP contribution in [0.5, 0.6) is 0 Å². The van der Waals surface area contributed by atoms with Gasteiger partial charge in [-0.3, -0.25) is 0 Å². The molecule has 1 unspecified atom stereocenters. The molecule has 1 radical (unpaired) electrons. The Morgan fingerprint density at radius 2 is 2.71 bits per heavy atom. The number of hydrogen-bond donors (Lipinski definition) is 0. The molecule has 1 rings (SSSR count). The molecule has 0 saturated carbocycles. The number of methoxy groups -OCH3 is 1. The Bertz CT molecular complexity index is 48.0. The summed E-state index contributed by atoms with van der Waals surface area (Å²) in [7, 11) is 1.65. The third kappa shape index (κ3) is 1.14. The van der Waals surface area contributed by atoms with Gasteiger partial charge in [0.25, 0.3) is 0 Å². The quantitative estimate of drug-likeness (QED) is 0.481. The molecule has 0 amide bonds. The van der Waals surface area contributed by atoms with Crippen molar-refractivity contribution in [3.63, 3.8) is 0 Å². The fourth-order valence-corrected chi connectivity index (χ4v) is 0.621. The summed E-state index contributed by atoms with van der Waals surface area (Å²) < 4.78 is 9.86. The van der Waals surface area contributed by atoms with Crippen molar-refractivity contribution in [2.75, 3.05) is 13.7 Å². The molecule has 0 aromatic heterocycles. The van der Waals surface area contributed by atoms with Crippen LogP contribution in [0.4, 0.5) is 0 Å². The molecule has 2 heteroatoms. The monoisotopic (exact) mass is 101 g/mol. The van der Waals surface area contributed by atoms with Gasteiger partial charge in [0, 0.05) is 13.5 Å². The van der Waals surface area contributed by atoms with Crippen LogP contribution in [0, 0.1) is 6.42 Å². The van der Waals surface area contributed by atoms with Gasteiger partial charge in [0.05, 0.1) is 6.61 Å². The van der Waals surface area contributed by atoms with E-state index in [0.717, 1.165) is 13.0 Å². The van der Waals surface area contributed by atoms with Crippen molar-refractivity contribution in [2.24, 2.45) is 0 Å². The van der Waals surface area contributed by atoms with Crippen LogP contribution in [0.3, 0.4) is 0 Å². The van der Waals surface area contributed by atoms with Gasteiger partial charge in [-0.2, -0.15) is 0 Å². The lowest BCUT2D eigenvalue weighted by Gasteiger charge is -2.02. The molecule has 1 heterocycles. The molecule has 1 fully saturated rings. The summed E-state index contributed by atoms with van der Waals surface area (Å²) in [6, 6.07) is 0. The van der Waals surface area contributed by atoms with E-state index in [9.17, 15) is 0 Å². The molecule has 0 bridgehead atoms. The van der Waals surface area contributed by atoms with E-state index in [1.54, 1.807) is 7.11 Å². The highest BCUT2D eigenvalue weighted by Gasteiger charge is 2.12. The maximum absolute atomic E-state index is 5.02. The maximum Gasteiger partial charge on any atom is 0.160 e. The minimum absolute atomic E-state index is 0.0278. The van der Waals surface area contributed by atoms with Crippen LogP contribution < -0.4 is 0 Å². The summed E-state index contributed by atoms with van der Waals surface area (Å²) >= 11 is 0. The highest BCUT2D eigenvalue weighted by molar-refractivity contribution is 4.74. The largest absolute Gasteiger partial charge is 0.356 e. The molecule has 0 aromatic carbocycles. The summed E-state index contributed by atoms with van der Waals surface area (Å²) in [6.45, 7) is 0.818. The van der Waals surface area contributed by atoms with Crippen molar-refractivity contribution in [1.82, 2.24) is 0 Å². The second-order valence-corrected chi connectivity index (χ2v) is 1.50. The number of rotatable bonds is 1. The van der Waals surface area contributed by atoms with Crippen LogP contribution in [-0.4, -0.2) is 20.0 Å². The van der Waals surface area contributed by atoms with Gasteiger partial charge in [-0.1, -0.05) is 0 Å². The normalized spacial score (nSPS) is 31.3. The van der Waals surface area contributed by atoms with Gasteiger partial charge in [0.15, 0.2) is 6.29 Å². The molecule has 2 nitrogen and oxygen atoms in total. The van der Waals surface area contributed by atoms with Crippen molar-refractivity contribution in [3.8, 4) is 0 Å². The summed E-state index contributed by atoms with van der Waals surface area (Å²) in [5.74, 6) is 0. The number of hydrogen-bond acceptors (Lipinski definition) is 2. The minimum atomic E-state index is -0.0278. The zero-order valence-electron chi connectivity index (χ0n) is 4.39. The maximum atomic E-state index is 5.02. The first-order valence-corrected chi connectivity index (χ1v) is 2.41. The van der Waals surface area contributed by atoms with Gasteiger partial charge in [0.2, 0.25) is 0 Å². The Hall–Kier alpha value is -0.0800. The van der Waals surface area contributed by atoms with Crippen molar-refractivity contribution in [1.29, 1.82) is 0 Å². The molecule has 0 spiro atoms. The fourth-order valence-electron chi connectivity index (χ4n) is 0.621. The molecule has 41 valence electrons. The molecule has 1 saturated heterocycles. The summed E-state index contributed by atoms with van der Waals surface area (Å²) in [5, 5.41) is 0. The highest BCUT2D eigenvalue weighted by Crippen LogP contribution is 2.09. The third-order valence-corrected chi connectivity index (χ3v) is 0.991. The summed E-state index contributed by atoms with van der Waals surface area (Å²) in [6.07, 6.45) is 3.01. The molecular weight excluding hydrogens is 92.1 g/mol. The number of ether oxygens (including phenoxy) is 2. The van der Waals surface area contributed by atoms with Crippen molar-refractivity contribution in [3.05, 3.63) is 6.42 Å². The van der Waals surface area contributed by atoms with Gasteiger partial charge < -0.3 is 9.47 Å². The van der Waals surface area contributed by atoms with Crippen molar-refractivity contribution < 1.29 is 9.47 Å². The molecule has 0 N–H and O–H groups in total. The molecule has 0 aromatic rings. The highest BCUT2D eigenvalue weighted by atomic mass is 16.7. The van der Waals surface area contributed by atoms with E-state index in [0.29, 0.717) is 0 Å². The topological polar surface area (TPSA) is 18.5 Å². The first-order valence-electron chi connectivity index (χ1n) is 2.41. The fraction of sp³-hybridized carbons (Fsp3) is 0.800. The summed E-state index contributed by atoms with van der Waals surface area (Å²) in [5.41, 5.74) is 0. The second-order valence-electron chi connectivity index (χ2n) is 1.50. The van der Waals surface area contributed by atoms with Crippen LogP contribution in [0.25, 0.3) is 0 Å². The average Bonchev–Trinajstić information content (AvgIpc) is 2.14. The zero-order valence-corrected chi connectivity index (χ0v) is 4.39. The van der Waals surface area contributed by atoms with E-state index >= 15 is 0 Å².